The Hall–Kier alpha value is -2.43. The number of hydrogen-bond acceptors (Lipinski definition) is 3. The zero-order valence-corrected chi connectivity index (χ0v) is 17.8. The van der Waals surface area contributed by atoms with Gasteiger partial charge in [0.15, 0.2) is 5.82 Å². The Morgan fingerprint density at radius 3 is 2.17 bits per heavy atom. The Balaban J connectivity index is 1.67. The molecule has 29 heavy (non-hydrogen) atoms. The van der Waals surface area contributed by atoms with Crippen molar-refractivity contribution in [1.82, 2.24) is 14.1 Å². The van der Waals surface area contributed by atoms with Crippen LogP contribution in [0.4, 0.5) is 0 Å². The Kier molecular flexibility index (Phi) is 7.62. The molecule has 1 aromatic rings. The fraction of sp³-hybridized carbons (Fsp3) is 0.542. The van der Waals surface area contributed by atoms with Gasteiger partial charge in [0.05, 0.1) is 5.56 Å². The predicted octanol–water partition coefficient (Wildman–Crippen LogP) is 5.12. The van der Waals surface area contributed by atoms with Crippen molar-refractivity contribution in [3.63, 3.8) is 0 Å². The van der Waals surface area contributed by atoms with Crippen molar-refractivity contribution in [3.8, 4) is 11.4 Å². The van der Waals surface area contributed by atoms with Crippen molar-refractivity contribution in [2.24, 2.45) is 7.05 Å². The fourth-order valence-electron chi connectivity index (χ4n) is 4.03. The number of aromatic nitrogens is 3. The van der Waals surface area contributed by atoms with Gasteiger partial charge >= 0.3 is 5.69 Å². The maximum atomic E-state index is 12.6. The van der Waals surface area contributed by atoms with E-state index in [-0.39, 0.29) is 5.56 Å². The average molecular weight is 396 g/mol. The minimum absolute atomic E-state index is 0.275. The maximum absolute atomic E-state index is 12.6. The van der Waals surface area contributed by atoms with Gasteiger partial charge in [-0.25, -0.2) is 4.79 Å². The second-order valence-corrected chi connectivity index (χ2v) is 8.03. The smallest absolute Gasteiger partial charge is 0.325 e. The Morgan fingerprint density at radius 2 is 1.48 bits per heavy atom. The summed E-state index contributed by atoms with van der Waals surface area (Å²) in [4.78, 5) is 28.9. The lowest BCUT2D eigenvalue weighted by Gasteiger charge is -2.18. The van der Waals surface area contributed by atoms with Gasteiger partial charge in [-0.3, -0.25) is 9.36 Å². The van der Waals surface area contributed by atoms with Crippen LogP contribution in [-0.2, 0) is 13.6 Å². The molecule has 2 aliphatic heterocycles. The number of rotatable bonds is 11. The number of hydrogen-bond donors (Lipinski definition) is 0. The molecule has 0 unspecified atom stereocenters. The van der Waals surface area contributed by atoms with Crippen molar-refractivity contribution in [3.05, 3.63) is 51.2 Å². The summed E-state index contributed by atoms with van der Waals surface area (Å²) in [6.07, 6.45) is 12.8. The monoisotopic (exact) mass is 395 g/mol. The summed E-state index contributed by atoms with van der Waals surface area (Å²) in [7, 11) is 1.49. The molecule has 0 saturated heterocycles. The summed E-state index contributed by atoms with van der Waals surface area (Å²) < 4.78 is 3.14. The highest BCUT2D eigenvalue weighted by Crippen LogP contribution is 2.24. The molecule has 156 valence electrons. The molecule has 0 atom stereocenters. The molecule has 0 aromatic heterocycles. The highest BCUT2D eigenvalue weighted by Gasteiger charge is 2.18. The van der Waals surface area contributed by atoms with Crippen LogP contribution in [0, 0.1) is 0 Å². The van der Waals surface area contributed by atoms with Crippen LogP contribution in [0.15, 0.2) is 39.9 Å². The van der Waals surface area contributed by atoms with E-state index < -0.39 is 5.69 Å². The lowest BCUT2D eigenvalue weighted by atomic mass is 10.1. The summed E-state index contributed by atoms with van der Waals surface area (Å²) in [5.74, 6) is 0.507. The van der Waals surface area contributed by atoms with Gasteiger partial charge in [-0.2, -0.15) is 4.98 Å². The third-order valence-corrected chi connectivity index (χ3v) is 5.78. The van der Waals surface area contributed by atoms with Crippen LogP contribution >= 0.6 is 0 Å². The third kappa shape index (κ3) is 5.14. The zero-order valence-electron chi connectivity index (χ0n) is 17.8. The quantitative estimate of drug-likeness (QED) is 0.334. The molecule has 2 heterocycles. The Bertz CT molecular complexity index is 1020. The minimum atomic E-state index is -0.491. The molecule has 5 heteroatoms. The number of fused-ring (bicyclic) bond motifs is 2. The summed E-state index contributed by atoms with van der Waals surface area (Å²) in [6, 6.07) is 9.86. The van der Waals surface area contributed by atoms with Crippen molar-refractivity contribution in [2.45, 2.75) is 77.7 Å². The molecular weight excluding hydrogens is 362 g/mol. The van der Waals surface area contributed by atoms with E-state index in [1.54, 1.807) is 0 Å². The molecule has 0 N–H and O–H groups in total. The van der Waals surface area contributed by atoms with Crippen LogP contribution in [0.25, 0.3) is 22.3 Å². The van der Waals surface area contributed by atoms with Crippen LogP contribution in [0.1, 0.15) is 71.1 Å². The molecule has 0 spiro atoms. The summed E-state index contributed by atoms with van der Waals surface area (Å²) in [5.41, 5.74) is 0.770. The van der Waals surface area contributed by atoms with E-state index in [0.717, 1.165) is 34.9 Å². The summed E-state index contributed by atoms with van der Waals surface area (Å²) in [5, 5.41) is 1.00. The molecule has 0 bridgehead atoms. The largest absolute Gasteiger partial charge is 0.352 e. The SMILES string of the molecule is CCCCCCCCCCCCn1c2nc(=O)n(C)c(=O)c-2cc2ccccc21. The van der Waals surface area contributed by atoms with Gasteiger partial charge in [0.2, 0.25) is 0 Å². The molecule has 2 aliphatic rings. The molecule has 0 aliphatic carbocycles. The van der Waals surface area contributed by atoms with Gasteiger partial charge in [-0.15, -0.1) is 0 Å². The maximum Gasteiger partial charge on any atom is 0.352 e. The molecule has 0 saturated carbocycles. The van der Waals surface area contributed by atoms with E-state index in [2.05, 4.69) is 16.5 Å². The number of pyridine rings is 1. The molecule has 3 rings (SSSR count). The minimum Gasteiger partial charge on any atom is -0.325 e. The van der Waals surface area contributed by atoms with E-state index in [0.29, 0.717) is 11.4 Å². The lowest BCUT2D eigenvalue weighted by Crippen LogP contribution is -2.35. The molecule has 0 radical (unpaired) electrons. The van der Waals surface area contributed by atoms with E-state index in [9.17, 15) is 9.59 Å². The summed E-state index contributed by atoms with van der Waals surface area (Å²) >= 11 is 0. The molecular formula is C24H33N3O2. The first-order chi connectivity index (χ1) is 14.1. The second-order valence-electron chi connectivity index (χ2n) is 8.03. The third-order valence-electron chi connectivity index (χ3n) is 5.78. The Morgan fingerprint density at radius 1 is 0.862 bits per heavy atom. The van der Waals surface area contributed by atoms with E-state index >= 15 is 0 Å². The standard InChI is InChI=1S/C24H33N3O2/c1-3-4-5-6-7-8-9-10-11-14-17-27-21-16-13-12-15-19(21)18-20-22(27)25-24(29)26(2)23(20)28/h12-13,15-16,18H,3-11,14,17H2,1-2H3. The van der Waals surface area contributed by atoms with Gasteiger partial charge < -0.3 is 4.57 Å². The number of para-hydroxylation sites is 1. The van der Waals surface area contributed by atoms with Crippen LogP contribution < -0.4 is 11.2 Å². The first kappa shape index (κ1) is 21.3. The zero-order chi connectivity index (χ0) is 20.6. The lowest BCUT2D eigenvalue weighted by molar-refractivity contribution is 0.537. The number of unbranched alkanes of at least 4 members (excludes halogenated alkanes) is 9. The van der Waals surface area contributed by atoms with E-state index in [4.69, 9.17) is 0 Å². The van der Waals surface area contributed by atoms with Crippen LogP contribution in [0.2, 0.25) is 0 Å². The summed E-state index contributed by atoms with van der Waals surface area (Å²) in [6.45, 7) is 3.02. The van der Waals surface area contributed by atoms with Crippen molar-refractivity contribution in [2.75, 3.05) is 0 Å². The van der Waals surface area contributed by atoms with Gasteiger partial charge in [0.1, 0.15) is 0 Å². The molecule has 0 amide bonds. The van der Waals surface area contributed by atoms with Crippen molar-refractivity contribution in [1.29, 1.82) is 0 Å². The normalized spacial score (nSPS) is 11.5. The second kappa shape index (κ2) is 10.4. The highest BCUT2D eigenvalue weighted by atomic mass is 16.2. The van der Waals surface area contributed by atoms with Gasteiger partial charge in [0.25, 0.3) is 5.56 Å². The Labute approximate surface area is 172 Å². The highest BCUT2D eigenvalue weighted by molar-refractivity contribution is 5.85. The van der Waals surface area contributed by atoms with Crippen LogP contribution in [0.3, 0.4) is 0 Å². The van der Waals surface area contributed by atoms with E-state index in [1.165, 1.54) is 58.4 Å². The molecule has 1 aromatic carbocycles. The van der Waals surface area contributed by atoms with E-state index in [1.807, 2.05) is 30.3 Å². The fourth-order valence-corrected chi connectivity index (χ4v) is 4.03. The van der Waals surface area contributed by atoms with Gasteiger partial charge in [0, 0.05) is 19.1 Å². The molecule has 5 nitrogen and oxygen atoms in total. The average Bonchev–Trinajstić information content (AvgIpc) is 2.73. The van der Waals surface area contributed by atoms with Gasteiger partial charge in [-0.05, 0) is 23.9 Å². The van der Waals surface area contributed by atoms with Crippen molar-refractivity contribution >= 4 is 10.9 Å². The first-order valence-corrected chi connectivity index (χ1v) is 11.1. The molecule has 0 fully saturated rings. The number of aryl methyl sites for hydroxylation is 1. The van der Waals surface area contributed by atoms with Crippen LogP contribution in [-0.4, -0.2) is 14.1 Å². The number of nitrogens with zero attached hydrogens (tertiary/aromatic N) is 3. The number of benzene rings is 1. The topological polar surface area (TPSA) is 56.9 Å². The first-order valence-electron chi connectivity index (χ1n) is 11.1. The van der Waals surface area contributed by atoms with Gasteiger partial charge in [-0.1, -0.05) is 82.9 Å². The van der Waals surface area contributed by atoms with Crippen molar-refractivity contribution < 1.29 is 0 Å². The van der Waals surface area contributed by atoms with Crippen LogP contribution in [0.5, 0.6) is 0 Å². The predicted molar refractivity (Wildman–Crippen MR) is 120 cm³/mol.